The lowest BCUT2D eigenvalue weighted by atomic mass is 9.48. The van der Waals surface area contributed by atoms with Crippen LogP contribution < -0.4 is 0 Å². The van der Waals surface area contributed by atoms with E-state index in [1.807, 2.05) is 0 Å². The monoisotopic (exact) mass is 308 g/mol. The van der Waals surface area contributed by atoms with Crippen molar-refractivity contribution >= 4 is 11.9 Å². The maximum Gasteiger partial charge on any atom is 0.313 e. The molecule has 2 bridgehead atoms. The van der Waals surface area contributed by atoms with Crippen molar-refractivity contribution in [2.45, 2.75) is 44.8 Å². The molecule has 5 heteroatoms. The van der Waals surface area contributed by atoms with Crippen LogP contribution in [0, 0.1) is 35.0 Å². The molecule has 5 aliphatic rings. The third-order valence-corrected chi connectivity index (χ3v) is 7.14. The number of hydrogen-bond donors (Lipinski definition) is 0. The Balaban J connectivity index is 1.80. The Morgan fingerprint density at radius 1 is 1.32 bits per heavy atom. The molecule has 0 N–H and O–H groups in total. The van der Waals surface area contributed by atoms with Crippen LogP contribution in [0.4, 0.5) is 0 Å². The topological polar surface area (TPSA) is 61.8 Å². The fourth-order valence-corrected chi connectivity index (χ4v) is 6.39. The van der Waals surface area contributed by atoms with Crippen LogP contribution in [0.1, 0.15) is 32.6 Å². The first-order chi connectivity index (χ1) is 10.6. The predicted octanol–water partition coefficient (Wildman–Crippen LogP) is 1.79. The maximum absolute atomic E-state index is 12.8. The van der Waals surface area contributed by atoms with Crippen LogP contribution >= 0.6 is 0 Å². The van der Waals surface area contributed by atoms with Gasteiger partial charge < -0.3 is 14.2 Å². The van der Waals surface area contributed by atoms with Gasteiger partial charge in [-0.1, -0.05) is 13.3 Å². The highest BCUT2D eigenvalue weighted by atomic mass is 16.6. The zero-order chi connectivity index (χ0) is 15.6. The van der Waals surface area contributed by atoms with Gasteiger partial charge in [0.05, 0.1) is 24.5 Å². The molecule has 5 nitrogen and oxygen atoms in total. The second-order valence-electron chi connectivity index (χ2n) is 7.51. The van der Waals surface area contributed by atoms with Gasteiger partial charge in [0.15, 0.2) is 0 Å². The van der Waals surface area contributed by atoms with Crippen LogP contribution in [-0.2, 0) is 23.8 Å². The normalized spacial score (nSPS) is 52.1. The van der Waals surface area contributed by atoms with Crippen molar-refractivity contribution in [3.8, 4) is 0 Å². The minimum absolute atomic E-state index is 0.0465. The Hall–Kier alpha value is -1.10. The zero-order valence-electron chi connectivity index (χ0n) is 13.4. The van der Waals surface area contributed by atoms with Gasteiger partial charge in [-0.2, -0.15) is 0 Å². The summed E-state index contributed by atoms with van der Waals surface area (Å²) in [7, 11) is 3.16. The summed E-state index contributed by atoms with van der Waals surface area (Å²) in [6.45, 7) is 2.13. The third kappa shape index (κ3) is 1.48. The van der Waals surface area contributed by atoms with E-state index >= 15 is 0 Å². The Bertz CT molecular complexity index is 517. The molecule has 8 atom stereocenters. The van der Waals surface area contributed by atoms with Crippen LogP contribution in [0.25, 0.3) is 0 Å². The maximum atomic E-state index is 12.8. The second-order valence-corrected chi connectivity index (χ2v) is 7.51. The molecule has 1 spiro atoms. The summed E-state index contributed by atoms with van der Waals surface area (Å²) in [5, 5.41) is 0. The van der Waals surface area contributed by atoms with Crippen molar-refractivity contribution in [3.63, 3.8) is 0 Å². The number of fused-ring (bicyclic) bond motifs is 2. The largest absolute Gasteiger partial charge is 0.469 e. The van der Waals surface area contributed by atoms with Crippen molar-refractivity contribution < 1.29 is 23.8 Å². The average molecular weight is 308 g/mol. The van der Waals surface area contributed by atoms with E-state index in [0.29, 0.717) is 0 Å². The predicted molar refractivity (Wildman–Crippen MR) is 76.7 cm³/mol. The summed E-state index contributed by atoms with van der Waals surface area (Å²) in [5.74, 6) is 0.677. The van der Waals surface area contributed by atoms with Gasteiger partial charge in [0.1, 0.15) is 6.10 Å². The summed E-state index contributed by atoms with van der Waals surface area (Å²) in [4.78, 5) is 25.0. The molecule has 3 aliphatic carbocycles. The molecule has 3 saturated carbocycles. The third-order valence-electron chi connectivity index (χ3n) is 7.14. The SMILES string of the molecule is COC(=O)[C@H]1C[C@@H]2[C@@H]3OC(=O)[C@]4(CCC[C@H]1[C@H]24)[C@H](C)[C@H]3OC. The highest BCUT2D eigenvalue weighted by molar-refractivity contribution is 5.81. The van der Waals surface area contributed by atoms with E-state index in [1.54, 1.807) is 7.11 Å². The standard InChI is InChI=1S/C17H24O5/c1-8-13(20-2)14-11-7-10(15(18)21-3)9-5-4-6-17(8,12(9)11)16(19)22-14/h8-14H,4-7H2,1-3H3/t8-,9-,10+,11+,12-,13-,14+,17-/m1/s1. The molecule has 22 heavy (non-hydrogen) atoms. The number of carbonyl (C=O) groups excluding carboxylic acids is 2. The molecule has 122 valence electrons. The van der Waals surface area contributed by atoms with Gasteiger partial charge in [0, 0.05) is 18.9 Å². The first kappa shape index (κ1) is 14.5. The van der Waals surface area contributed by atoms with Gasteiger partial charge in [0.2, 0.25) is 0 Å². The van der Waals surface area contributed by atoms with Gasteiger partial charge in [-0.15, -0.1) is 0 Å². The van der Waals surface area contributed by atoms with Gasteiger partial charge in [-0.3, -0.25) is 9.59 Å². The number of rotatable bonds is 2. The van der Waals surface area contributed by atoms with Gasteiger partial charge in [-0.25, -0.2) is 0 Å². The molecule has 2 aliphatic heterocycles. The highest BCUT2D eigenvalue weighted by Gasteiger charge is 2.73. The lowest BCUT2D eigenvalue weighted by molar-refractivity contribution is -0.258. The highest BCUT2D eigenvalue weighted by Crippen LogP contribution is 2.68. The summed E-state index contributed by atoms with van der Waals surface area (Å²) >= 11 is 0. The fraction of sp³-hybridized carbons (Fsp3) is 0.882. The van der Waals surface area contributed by atoms with Crippen molar-refractivity contribution in [3.05, 3.63) is 0 Å². The van der Waals surface area contributed by atoms with Gasteiger partial charge in [0.25, 0.3) is 0 Å². The van der Waals surface area contributed by atoms with Gasteiger partial charge in [-0.05, 0) is 31.1 Å². The molecule has 0 unspecified atom stereocenters. The molecule has 0 aromatic rings. The number of carbonyl (C=O) groups is 2. The number of ether oxygens (including phenoxy) is 3. The van der Waals surface area contributed by atoms with E-state index in [2.05, 4.69) is 6.92 Å². The number of methoxy groups -OCH3 is 2. The number of esters is 2. The second kappa shape index (κ2) is 4.70. The molecular formula is C17H24O5. The van der Waals surface area contributed by atoms with E-state index in [4.69, 9.17) is 14.2 Å². The molecule has 5 fully saturated rings. The Morgan fingerprint density at radius 2 is 2.09 bits per heavy atom. The Kier molecular flexibility index (Phi) is 3.09. The minimum atomic E-state index is -0.453. The smallest absolute Gasteiger partial charge is 0.313 e. The first-order valence-electron chi connectivity index (χ1n) is 8.38. The summed E-state index contributed by atoms with van der Waals surface area (Å²) in [5.41, 5.74) is -0.453. The fourth-order valence-electron chi connectivity index (χ4n) is 6.39. The Labute approximate surface area is 130 Å². The van der Waals surface area contributed by atoms with Crippen molar-refractivity contribution in [2.24, 2.45) is 35.0 Å². The van der Waals surface area contributed by atoms with E-state index < -0.39 is 5.41 Å². The molecule has 0 radical (unpaired) electrons. The molecule has 2 heterocycles. The first-order valence-corrected chi connectivity index (χ1v) is 8.38. The summed E-state index contributed by atoms with van der Waals surface area (Å²) < 4.78 is 16.5. The van der Waals surface area contributed by atoms with Crippen molar-refractivity contribution in [1.82, 2.24) is 0 Å². The zero-order valence-corrected chi connectivity index (χ0v) is 13.4. The molecule has 0 amide bonds. The van der Waals surface area contributed by atoms with Crippen LogP contribution in [0.3, 0.4) is 0 Å². The molecule has 2 saturated heterocycles. The summed E-state index contributed by atoms with van der Waals surface area (Å²) in [6.07, 6.45) is 3.39. The van der Waals surface area contributed by atoms with Crippen LogP contribution in [0.5, 0.6) is 0 Å². The Morgan fingerprint density at radius 3 is 2.77 bits per heavy atom. The van der Waals surface area contributed by atoms with E-state index in [1.165, 1.54) is 7.11 Å². The minimum Gasteiger partial charge on any atom is -0.469 e. The lowest BCUT2D eigenvalue weighted by Crippen LogP contribution is -2.69. The molecule has 0 aromatic carbocycles. The van der Waals surface area contributed by atoms with E-state index in [0.717, 1.165) is 25.7 Å². The van der Waals surface area contributed by atoms with Gasteiger partial charge >= 0.3 is 11.9 Å². The van der Waals surface area contributed by atoms with Crippen molar-refractivity contribution in [2.75, 3.05) is 14.2 Å². The molecule has 0 aromatic heterocycles. The van der Waals surface area contributed by atoms with E-state index in [9.17, 15) is 9.59 Å². The van der Waals surface area contributed by atoms with Crippen LogP contribution in [0.15, 0.2) is 0 Å². The van der Waals surface area contributed by atoms with E-state index in [-0.39, 0.29) is 53.7 Å². The molecule has 5 rings (SSSR count). The van der Waals surface area contributed by atoms with Crippen LogP contribution in [-0.4, -0.2) is 38.4 Å². The average Bonchev–Trinajstić information content (AvgIpc) is 2.92. The number of hydrogen-bond acceptors (Lipinski definition) is 5. The lowest BCUT2D eigenvalue weighted by Gasteiger charge is -2.61. The quantitative estimate of drug-likeness (QED) is 0.728. The summed E-state index contributed by atoms with van der Waals surface area (Å²) in [6, 6.07) is 0. The van der Waals surface area contributed by atoms with Crippen molar-refractivity contribution in [1.29, 1.82) is 0 Å². The van der Waals surface area contributed by atoms with Crippen LogP contribution in [0.2, 0.25) is 0 Å². The molecular weight excluding hydrogens is 284 g/mol.